The zero-order valence-corrected chi connectivity index (χ0v) is 12.8. The molecule has 1 aromatic rings. The highest BCUT2D eigenvalue weighted by atomic mass is 16.6. The van der Waals surface area contributed by atoms with E-state index in [0.717, 1.165) is 24.0 Å². The molecule has 0 heterocycles. The molecule has 114 valence electrons. The Kier molecular flexibility index (Phi) is 3.94. The Bertz CT molecular complexity index is 574. The normalized spacial score (nSPS) is 17.2. The topological polar surface area (TPSA) is 66.8 Å². The van der Waals surface area contributed by atoms with Gasteiger partial charge in [-0.1, -0.05) is 6.07 Å². The minimum absolute atomic E-state index is 0.130. The average molecular weight is 291 g/mol. The van der Waals surface area contributed by atoms with E-state index in [0.29, 0.717) is 0 Å². The fourth-order valence-electron chi connectivity index (χ4n) is 2.58. The van der Waals surface area contributed by atoms with E-state index in [2.05, 4.69) is 0 Å². The second-order valence-corrected chi connectivity index (χ2v) is 6.36. The number of rotatable bonds is 2. The molecule has 1 N–H and O–H groups in total. The lowest BCUT2D eigenvalue weighted by Gasteiger charge is -2.29. The number of benzene rings is 1. The summed E-state index contributed by atoms with van der Waals surface area (Å²) in [5, 5.41) is 9.10. The second-order valence-electron chi connectivity index (χ2n) is 6.36. The van der Waals surface area contributed by atoms with Crippen LogP contribution in [0.5, 0.6) is 0 Å². The van der Waals surface area contributed by atoms with Crippen molar-refractivity contribution in [3.8, 4) is 0 Å². The number of aromatic carboxylic acids is 1. The zero-order valence-electron chi connectivity index (χ0n) is 12.8. The van der Waals surface area contributed by atoms with Gasteiger partial charge in [0.15, 0.2) is 0 Å². The molecule has 0 spiro atoms. The Balaban J connectivity index is 2.23. The zero-order chi connectivity index (χ0) is 15.8. The maximum atomic E-state index is 12.2. The van der Waals surface area contributed by atoms with E-state index in [1.54, 1.807) is 24.1 Å². The minimum Gasteiger partial charge on any atom is -0.478 e. The van der Waals surface area contributed by atoms with Crippen molar-refractivity contribution in [3.05, 3.63) is 34.9 Å². The molecule has 0 saturated carbocycles. The van der Waals surface area contributed by atoms with Crippen molar-refractivity contribution in [1.82, 2.24) is 4.90 Å². The summed E-state index contributed by atoms with van der Waals surface area (Å²) in [7, 11) is 1.70. The fraction of sp³-hybridized carbons (Fsp3) is 0.500. The maximum Gasteiger partial charge on any atom is 0.410 e. The van der Waals surface area contributed by atoms with E-state index >= 15 is 0 Å². The molecular weight excluding hydrogens is 270 g/mol. The lowest BCUT2D eigenvalue weighted by atomic mass is 10.0. The fourth-order valence-corrected chi connectivity index (χ4v) is 2.58. The number of carbonyl (C=O) groups excluding carboxylic acids is 1. The molecule has 5 nitrogen and oxygen atoms in total. The molecule has 5 heteroatoms. The van der Waals surface area contributed by atoms with Gasteiger partial charge in [-0.25, -0.2) is 9.59 Å². The van der Waals surface area contributed by atoms with Crippen molar-refractivity contribution in [2.24, 2.45) is 0 Å². The summed E-state index contributed by atoms with van der Waals surface area (Å²) < 4.78 is 5.38. The first-order chi connectivity index (χ1) is 9.69. The van der Waals surface area contributed by atoms with E-state index in [4.69, 9.17) is 9.84 Å². The van der Waals surface area contributed by atoms with Crippen LogP contribution in [0.4, 0.5) is 4.79 Å². The first-order valence-corrected chi connectivity index (χ1v) is 7.01. The van der Waals surface area contributed by atoms with Gasteiger partial charge in [0.05, 0.1) is 11.6 Å². The molecule has 2 rings (SSSR count). The number of carboxylic acids is 1. The van der Waals surface area contributed by atoms with Crippen LogP contribution in [-0.4, -0.2) is 34.7 Å². The molecule has 1 aliphatic rings. The van der Waals surface area contributed by atoms with Crippen LogP contribution in [0.2, 0.25) is 0 Å². The number of ether oxygens (including phenoxy) is 1. The molecular formula is C16H21NO4. The Labute approximate surface area is 124 Å². The Morgan fingerprint density at radius 3 is 2.57 bits per heavy atom. The molecule has 21 heavy (non-hydrogen) atoms. The molecule has 0 aromatic heterocycles. The molecule has 0 saturated heterocycles. The quantitative estimate of drug-likeness (QED) is 0.908. The monoisotopic (exact) mass is 291 g/mol. The van der Waals surface area contributed by atoms with Crippen LogP contribution in [0, 0.1) is 0 Å². The van der Waals surface area contributed by atoms with Gasteiger partial charge in [-0.05, 0) is 56.9 Å². The van der Waals surface area contributed by atoms with Gasteiger partial charge in [0.1, 0.15) is 5.60 Å². The summed E-state index contributed by atoms with van der Waals surface area (Å²) in [6.45, 7) is 5.47. The number of aryl methyl sites for hydroxylation is 1. The summed E-state index contributed by atoms with van der Waals surface area (Å²) in [5.41, 5.74) is 1.71. The number of hydrogen-bond acceptors (Lipinski definition) is 3. The first kappa shape index (κ1) is 15.4. The molecule has 0 radical (unpaired) electrons. The Hall–Kier alpha value is -2.04. The Morgan fingerprint density at radius 1 is 1.33 bits per heavy atom. The summed E-state index contributed by atoms with van der Waals surface area (Å²) in [5.74, 6) is -0.955. The molecule has 1 amide bonds. The number of carboxylic acid groups (broad SMARTS) is 1. The highest BCUT2D eigenvalue weighted by molar-refractivity contribution is 5.88. The smallest absolute Gasteiger partial charge is 0.410 e. The summed E-state index contributed by atoms with van der Waals surface area (Å²) in [6, 6.07) is 4.98. The van der Waals surface area contributed by atoms with Gasteiger partial charge in [0.2, 0.25) is 0 Å². The van der Waals surface area contributed by atoms with Gasteiger partial charge >= 0.3 is 12.1 Å². The summed E-state index contributed by atoms with van der Waals surface area (Å²) in [4.78, 5) is 24.8. The van der Waals surface area contributed by atoms with Crippen LogP contribution in [-0.2, 0) is 11.2 Å². The third-order valence-corrected chi connectivity index (χ3v) is 3.59. The van der Waals surface area contributed by atoms with Crippen LogP contribution in [0.15, 0.2) is 18.2 Å². The van der Waals surface area contributed by atoms with E-state index < -0.39 is 11.6 Å². The van der Waals surface area contributed by atoms with Crippen LogP contribution in [0.3, 0.4) is 0 Å². The van der Waals surface area contributed by atoms with Gasteiger partial charge in [0.25, 0.3) is 0 Å². The maximum absolute atomic E-state index is 12.2. The lowest BCUT2D eigenvalue weighted by Crippen LogP contribution is -2.36. The van der Waals surface area contributed by atoms with Crippen LogP contribution in [0.25, 0.3) is 0 Å². The molecule has 1 unspecified atom stereocenters. The van der Waals surface area contributed by atoms with Crippen molar-refractivity contribution in [3.63, 3.8) is 0 Å². The number of nitrogens with zero attached hydrogens (tertiary/aromatic N) is 1. The van der Waals surface area contributed by atoms with E-state index in [-0.39, 0.29) is 17.7 Å². The highest BCUT2D eigenvalue weighted by Gasteiger charge is 2.31. The average Bonchev–Trinajstić information content (AvgIpc) is 2.78. The molecule has 1 aliphatic carbocycles. The number of fused-ring (bicyclic) bond motifs is 1. The molecule has 0 fully saturated rings. The minimum atomic E-state index is -0.955. The van der Waals surface area contributed by atoms with E-state index in [1.165, 1.54) is 0 Å². The third-order valence-electron chi connectivity index (χ3n) is 3.59. The highest BCUT2D eigenvalue weighted by Crippen LogP contribution is 2.36. The standard InChI is InChI=1S/C16H21NO4/c1-16(2,3)21-15(20)17(4)13-8-7-10-5-6-11(14(18)19)9-12(10)13/h5-6,9,13H,7-8H2,1-4H3,(H,18,19). The largest absolute Gasteiger partial charge is 0.478 e. The van der Waals surface area contributed by atoms with Crippen molar-refractivity contribution in [1.29, 1.82) is 0 Å². The van der Waals surface area contributed by atoms with Gasteiger partial charge in [-0.3, -0.25) is 0 Å². The van der Waals surface area contributed by atoms with E-state index in [1.807, 2.05) is 26.8 Å². The van der Waals surface area contributed by atoms with Crippen molar-refractivity contribution in [2.75, 3.05) is 7.05 Å². The second kappa shape index (κ2) is 5.39. The van der Waals surface area contributed by atoms with Gasteiger partial charge < -0.3 is 14.7 Å². The lowest BCUT2D eigenvalue weighted by molar-refractivity contribution is 0.0220. The van der Waals surface area contributed by atoms with Gasteiger partial charge in [-0.2, -0.15) is 0 Å². The van der Waals surface area contributed by atoms with Crippen LogP contribution >= 0.6 is 0 Å². The molecule has 0 aliphatic heterocycles. The van der Waals surface area contributed by atoms with Crippen molar-refractivity contribution < 1.29 is 19.4 Å². The number of amides is 1. The molecule has 1 atom stereocenters. The molecule has 0 bridgehead atoms. The third kappa shape index (κ3) is 3.35. The number of carbonyl (C=O) groups is 2. The molecule has 1 aromatic carbocycles. The van der Waals surface area contributed by atoms with E-state index in [9.17, 15) is 9.59 Å². The predicted molar refractivity (Wildman–Crippen MR) is 78.5 cm³/mol. The van der Waals surface area contributed by atoms with Gasteiger partial charge in [0, 0.05) is 7.05 Å². The first-order valence-electron chi connectivity index (χ1n) is 7.01. The van der Waals surface area contributed by atoms with Crippen molar-refractivity contribution in [2.45, 2.75) is 45.3 Å². The Morgan fingerprint density at radius 2 is 2.00 bits per heavy atom. The van der Waals surface area contributed by atoms with Crippen LogP contribution < -0.4 is 0 Å². The summed E-state index contributed by atoms with van der Waals surface area (Å²) >= 11 is 0. The summed E-state index contributed by atoms with van der Waals surface area (Å²) in [6.07, 6.45) is 1.24. The predicted octanol–water partition coefficient (Wildman–Crippen LogP) is 3.24. The van der Waals surface area contributed by atoms with Crippen LogP contribution in [0.1, 0.15) is 54.7 Å². The SMILES string of the molecule is CN(C(=O)OC(C)(C)C)C1CCc2ccc(C(=O)O)cc21. The van der Waals surface area contributed by atoms with Crippen molar-refractivity contribution >= 4 is 12.1 Å². The van der Waals surface area contributed by atoms with Gasteiger partial charge in [-0.15, -0.1) is 0 Å². The number of hydrogen-bond donors (Lipinski definition) is 1.